The van der Waals surface area contributed by atoms with Crippen LogP contribution in [0.4, 0.5) is 0 Å². The second-order valence-corrected chi connectivity index (χ2v) is 1.41. The van der Waals surface area contributed by atoms with Crippen molar-refractivity contribution in [3.05, 3.63) is 7.05 Å². The molecule has 0 saturated heterocycles. The first kappa shape index (κ1) is 10.6. The van der Waals surface area contributed by atoms with Crippen LogP contribution in [0.15, 0.2) is 0 Å². The molecule has 2 N–H and O–H groups in total. The predicted molar refractivity (Wildman–Crippen MR) is 28.0 cm³/mol. The van der Waals surface area contributed by atoms with Gasteiger partial charge in [0.1, 0.15) is 0 Å². The largest absolute Gasteiger partial charge is 0.486 e. The first-order chi connectivity index (χ1) is 3.00. The van der Waals surface area contributed by atoms with E-state index in [9.17, 15) is 0 Å². The van der Waals surface area contributed by atoms with E-state index in [4.69, 9.17) is 0 Å². The van der Waals surface area contributed by atoms with Crippen LogP contribution < -0.4 is 5.73 Å². The van der Waals surface area contributed by atoms with E-state index in [0.717, 1.165) is 0 Å². The summed E-state index contributed by atoms with van der Waals surface area (Å²) in [5, 5.41) is 0. The summed E-state index contributed by atoms with van der Waals surface area (Å²) >= 11 is 0. The van der Waals surface area contributed by atoms with E-state index < -0.39 is 0 Å². The second-order valence-electron chi connectivity index (χ2n) is 1.41. The molecule has 2 heteroatoms. The van der Waals surface area contributed by atoms with Gasteiger partial charge in [0.15, 0.2) is 0 Å². The zero-order valence-corrected chi connectivity index (χ0v) is 6.70. The summed E-state index contributed by atoms with van der Waals surface area (Å²) in [5.41, 5.74) is 4.25. The van der Waals surface area contributed by atoms with Crippen molar-refractivity contribution in [3.8, 4) is 0 Å². The van der Waals surface area contributed by atoms with Gasteiger partial charge in [-0.15, -0.1) is 0 Å². The van der Waals surface area contributed by atoms with Gasteiger partial charge in [-0.1, -0.05) is 25.7 Å². The Morgan fingerprint density at radius 1 is 0.857 bits per heavy atom. The maximum absolute atomic E-state index is 4.25. The standard InChI is InChI=1S/C4H8.CH4N.Pt/c1-2-4-3-1;1-2;/h1-4H2;1-2H2;/q;-1;. The fourth-order valence-electron chi connectivity index (χ4n) is 0.250. The Balaban J connectivity index is 0. The first-order valence-corrected chi connectivity index (χ1v) is 2.41. The summed E-state index contributed by atoms with van der Waals surface area (Å²) in [7, 11) is 2.75. The monoisotopic (exact) mass is 281 g/mol. The average Bonchev–Trinajstić information content (AvgIpc) is 1.36. The second kappa shape index (κ2) is 9.82. The van der Waals surface area contributed by atoms with E-state index in [-0.39, 0.29) is 21.1 Å². The molecule has 0 aromatic heterocycles. The molecule has 0 heterocycles. The Bertz CT molecular complexity index is 16.0. The van der Waals surface area contributed by atoms with Gasteiger partial charge in [0.05, 0.1) is 0 Å². The molecule has 0 aromatic carbocycles. The number of hydrogen-bond donors (Lipinski definition) is 1. The van der Waals surface area contributed by atoms with Crippen molar-refractivity contribution < 1.29 is 21.1 Å². The van der Waals surface area contributed by atoms with Crippen LogP contribution in [0.5, 0.6) is 0 Å². The molecule has 0 aliphatic heterocycles. The molecule has 1 saturated carbocycles. The SMILES string of the molecule is C1CCC1.[CH2-]N.[Pt]. The van der Waals surface area contributed by atoms with Crippen molar-refractivity contribution in [1.82, 2.24) is 0 Å². The van der Waals surface area contributed by atoms with Crippen LogP contribution in [-0.4, -0.2) is 0 Å². The maximum atomic E-state index is 4.25. The number of nitrogens with two attached hydrogens (primary N) is 1. The molecular formula is C5H12NPt-. The summed E-state index contributed by atoms with van der Waals surface area (Å²) in [5.74, 6) is 0. The zero-order valence-electron chi connectivity index (χ0n) is 4.43. The van der Waals surface area contributed by atoms with E-state index in [1.807, 2.05) is 0 Å². The van der Waals surface area contributed by atoms with Crippen LogP contribution in [0.2, 0.25) is 0 Å². The fourth-order valence-corrected chi connectivity index (χ4v) is 0.250. The third-order valence-corrected chi connectivity index (χ3v) is 1.000. The summed E-state index contributed by atoms with van der Waals surface area (Å²) in [6.07, 6.45) is 6.00. The molecule has 0 amide bonds. The third kappa shape index (κ3) is 6.65. The molecule has 0 bridgehead atoms. The molecule has 1 fully saturated rings. The molecule has 0 atom stereocenters. The Hall–Kier alpha value is 0.648. The van der Waals surface area contributed by atoms with Crippen LogP contribution in [0, 0.1) is 7.05 Å². The van der Waals surface area contributed by atoms with Crippen molar-refractivity contribution in [2.75, 3.05) is 0 Å². The van der Waals surface area contributed by atoms with Crippen molar-refractivity contribution >= 4 is 0 Å². The summed E-state index contributed by atoms with van der Waals surface area (Å²) in [4.78, 5) is 0. The van der Waals surface area contributed by atoms with Crippen LogP contribution in [0.3, 0.4) is 0 Å². The van der Waals surface area contributed by atoms with Crippen molar-refractivity contribution in [2.24, 2.45) is 5.73 Å². The van der Waals surface area contributed by atoms with Crippen molar-refractivity contribution in [3.63, 3.8) is 0 Å². The summed E-state index contributed by atoms with van der Waals surface area (Å²) < 4.78 is 0. The predicted octanol–water partition coefficient (Wildman–Crippen LogP) is 1.29. The Labute approximate surface area is 59.9 Å². The van der Waals surface area contributed by atoms with Crippen LogP contribution in [-0.2, 0) is 21.1 Å². The molecule has 0 aromatic rings. The topological polar surface area (TPSA) is 26.0 Å². The molecule has 48 valence electrons. The molecule has 0 radical (unpaired) electrons. The van der Waals surface area contributed by atoms with Gasteiger partial charge in [-0.25, -0.2) is 0 Å². The molecule has 1 rings (SSSR count). The molecule has 1 aliphatic rings. The third-order valence-electron chi connectivity index (χ3n) is 1.000. The van der Waals surface area contributed by atoms with Crippen LogP contribution in [0.1, 0.15) is 25.7 Å². The van der Waals surface area contributed by atoms with Gasteiger partial charge < -0.3 is 5.73 Å². The van der Waals surface area contributed by atoms with Gasteiger partial charge >= 0.3 is 0 Å². The Morgan fingerprint density at radius 2 is 1.00 bits per heavy atom. The minimum absolute atomic E-state index is 0. The van der Waals surface area contributed by atoms with Crippen LogP contribution >= 0.6 is 0 Å². The van der Waals surface area contributed by atoms with E-state index in [1.165, 1.54) is 25.7 Å². The zero-order chi connectivity index (χ0) is 4.83. The van der Waals surface area contributed by atoms with Gasteiger partial charge in [0, 0.05) is 21.1 Å². The Kier molecular flexibility index (Phi) is 14.9. The van der Waals surface area contributed by atoms with Crippen molar-refractivity contribution in [2.45, 2.75) is 25.7 Å². The van der Waals surface area contributed by atoms with E-state index in [2.05, 4.69) is 12.8 Å². The smallest absolute Gasteiger partial charge is 0 e. The van der Waals surface area contributed by atoms with Gasteiger partial charge in [0.2, 0.25) is 0 Å². The maximum Gasteiger partial charge on any atom is 0 e. The summed E-state index contributed by atoms with van der Waals surface area (Å²) in [6.45, 7) is 0. The molecule has 0 unspecified atom stereocenters. The molecule has 0 spiro atoms. The Morgan fingerprint density at radius 3 is 1.00 bits per heavy atom. The fraction of sp³-hybridized carbons (Fsp3) is 0.800. The van der Waals surface area contributed by atoms with E-state index in [1.54, 1.807) is 0 Å². The molecule has 1 nitrogen and oxygen atoms in total. The normalized spacial score (nSPS) is 14.6. The van der Waals surface area contributed by atoms with Crippen LogP contribution in [0.25, 0.3) is 0 Å². The quantitative estimate of drug-likeness (QED) is 0.665. The van der Waals surface area contributed by atoms with E-state index in [0.29, 0.717) is 0 Å². The minimum atomic E-state index is 0. The van der Waals surface area contributed by atoms with Gasteiger partial charge in [-0.3, -0.25) is 7.05 Å². The molecular weight excluding hydrogens is 269 g/mol. The first-order valence-electron chi connectivity index (χ1n) is 2.41. The van der Waals surface area contributed by atoms with Gasteiger partial charge in [-0.2, -0.15) is 0 Å². The van der Waals surface area contributed by atoms with Gasteiger partial charge in [0.25, 0.3) is 0 Å². The average molecular weight is 281 g/mol. The summed E-state index contributed by atoms with van der Waals surface area (Å²) in [6, 6.07) is 0. The molecule has 7 heavy (non-hydrogen) atoms. The number of rotatable bonds is 0. The van der Waals surface area contributed by atoms with Gasteiger partial charge in [-0.05, 0) is 0 Å². The number of hydrogen-bond acceptors (Lipinski definition) is 1. The minimum Gasteiger partial charge on any atom is -0.486 e. The van der Waals surface area contributed by atoms with Crippen molar-refractivity contribution in [1.29, 1.82) is 0 Å². The van der Waals surface area contributed by atoms with E-state index >= 15 is 0 Å². The molecule has 1 aliphatic carbocycles.